The molecule has 3 N–H and O–H groups in total. The number of hydrogen-bond acceptors (Lipinski definition) is 8. The number of nitriles is 1. The van der Waals surface area contributed by atoms with E-state index in [2.05, 4.69) is 31.4 Å². The summed E-state index contributed by atoms with van der Waals surface area (Å²) in [6, 6.07) is 5.94. The molecule has 0 radical (unpaired) electrons. The lowest BCUT2D eigenvalue weighted by Crippen LogP contribution is -2.49. The van der Waals surface area contributed by atoms with E-state index < -0.39 is 11.7 Å². The minimum Gasteiger partial charge on any atom is -0.444 e. The van der Waals surface area contributed by atoms with Gasteiger partial charge in [-0.25, -0.2) is 9.78 Å². The van der Waals surface area contributed by atoms with Gasteiger partial charge in [0.1, 0.15) is 16.7 Å². The topological polar surface area (TPSA) is 112 Å². The predicted molar refractivity (Wildman–Crippen MR) is 118 cm³/mol. The van der Waals surface area contributed by atoms with Crippen LogP contribution in [0, 0.1) is 18.3 Å². The number of alkyl carbamates (subject to hydrolysis) is 1. The van der Waals surface area contributed by atoms with Crippen molar-refractivity contribution in [3.8, 4) is 6.07 Å². The molecular weight excluding hydrogens is 400 g/mol. The number of pyridine rings is 1. The second-order valence-corrected chi connectivity index (χ2v) is 9.28. The van der Waals surface area contributed by atoms with E-state index in [0.29, 0.717) is 11.4 Å². The fourth-order valence-electron chi connectivity index (χ4n) is 3.43. The molecule has 1 amide bonds. The monoisotopic (exact) mass is 428 g/mol. The third kappa shape index (κ3) is 6.07. The Balaban J connectivity index is 1.72. The van der Waals surface area contributed by atoms with Crippen molar-refractivity contribution in [2.24, 2.45) is 0 Å². The molecule has 8 nitrogen and oxygen atoms in total. The normalized spacial score (nSPS) is 18.9. The number of carbonyl (C=O) groups excluding carboxylic acids is 1. The maximum absolute atomic E-state index is 12.2. The second-order valence-electron chi connectivity index (χ2n) is 8.48. The number of hydrogen-bond donors (Lipinski definition) is 3. The Kier molecular flexibility index (Phi) is 6.77. The molecule has 0 saturated heterocycles. The van der Waals surface area contributed by atoms with Crippen molar-refractivity contribution < 1.29 is 9.53 Å². The summed E-state index contributed by atoms with van der Waals surface area (Å²) in [5.41, 5.74) is 2.12. The summed E-state index contributed by atoms with van der Waals surface area (Å²) >= 11 is 1.34. The number of rotatable bonds is 5. The average molecular weight is 429 g/mol. The van der Waals surface area contributed by atoms with Gasteiger partial charge in [-0.3, -0.25) is 0 Å². The fraction of sp³-hybridized carbons (Fsp3) is 0.524. The van der Waals surface area contributed by atoms with Crippen molar-refractivity contribution in [1.82, 2.24) is 14.7 Å². The van der Waals surface area contributed by atoms with Gasteiger partial charge >= 0.3 is 6.09 Å². The molecular formula is C21H28N6O2S. The molecule has 3 rings (SSSR count). The molecule has 0 aromatic carbocycles. The highest BCUT2D eigenvalue weighted by Crippen LogP contribution is 2.28. The quantitative estimate of drug-likeness (QED) is 0.632. The predicted octanol–water partition coefficient (Wildman–Crippen LogP) is 4.71. The molecule has 9 heteroatoms. The van der Waals surface area contributed by atoms with Crippen LogP contribution in [0.1, 0.15) is 57.8 Å². The van der Waals surface area contributed by atoms with E-state index in [0.717, 1.165) is 42.1 Å². The van der Waals surface area contributed by atoms with Crippen LogP contribution in [0.4, 0.5) is 21.2 Å². The van der Waals surface area contributed by atoms with E-state index in [1.807, 2.05) is 39.8 Å². The number of amides is 1. The van der Waals surface area contributed by atoms with Crippen molar-refractivity contribution in [2.75, 3.05) is 10.6 Å². The summed E-state index contributed by atoms with van der Waals surface area (Å²) < 4.78 is 9.67. The lowest BCUT2D eigenvalue weighted by molar-refractivity contribution is 0.0488. The van der Waals surface area contributed by atoms with Gasteiger partial charge < -0.3 is 20.7 Å². The number of ether oxygens (including phenoxy) is 1. The van der Waals surface area contributed by atoms with Crippen LogP contribution in [0.25, 0.3) is 0 Å². The van der Waals surface area contributed by atoms with Gasteiger partial charge in [0.25, 0.3) is 0 Å². The Morgan fingerprint density at radius 3 is 2.63 bits per heavy atom. The van der Waals surface area contributed by atoms with Crippen molar-refractivity contribution in [3.63, 3.8) is 0 Å². The molecule has 0 unspecified atom stereocenters. The van der Waals surface area contributed by atoms with Gasteiger partial charge in [-0.2, -0.15) is 9.64 Å². The van der Waals surface area contributed by atoms with Crippen molar-refractivity contribution >= 4 is 34.0 Å². The van der Waals surface area contributed by atoms with E-state index in [-0.39, 0.29) is 12.1 Å². The first-order valence-corrected chi connectivity index (χ1v) is 10.9. The smallest absolute Gasteiger partial charge is 0.407 e. The van der Waals surface area contributed by atoms with Crippen LogP contribution in [0.5, 0.6) is 0 Å². The molecule has 1 aliphatic carbocycles. The van der Waals surface area contributed by atoms with Gasteiger partial charge in [0, 0.05) is 6.04 Å². The zero-order chi connectivity index (χ0) is 21.7. The standard InChI is InChI=1S/C21H28N6O2S/c1-13-9-19(30-27-13)25-17-10-14(12-23-18(17)11-22)24-15-7-5-6-8-16(15)26-20(28)29-21(2,3)4/h9-10,12,15-16,24-25H,5-8H2,1-4H3,(H,26,28)/t15-,16+/m1/s1. The Bertz CT molecular complexity index is 930. The average Bonchev–Trinajstić information content (AvgIpc) is 3.07. The molecule has 0 aliphatic heterocycles. The van der Waals surface area contributed by atoms with E-state index in [9.17, 15) is 10.1 Å². The summed E-state index contributed by atoms with van der Waals surface area (Å²) in [7, 11) is 0. The number of nitrogens with zero attached hydrogens (tertiary/aromatic N) is 3. The fourth-order valence-corrected chi connectivity index (χ4v) is 4.11. The van der Waals surface area contributed by atoms with Crippen LogP contribution >= 0.6 is 11.5 Å². The highest BCUT2D eigenvalue weighted by atomic mass is 32.1. The van der Waals surface area contributed by atoms with Gasteiger partial charge in [0.2, 0.25) is 0 Å². The lowest BCUT2D eigenvalue weighted by atomic mass is 9.90. The molecule has 2 aromatic heterocycles. The first-order chi connectivity index (χ1) is 14.2. The lowest BCUT2D eigenvalue weighted by Gasteiger charge is -2.34. The maximum Gasteiger partial charge on any atom is 0.407 e. The Hall–Kier alpha value is -2.86. The molecule has 1 aliphatic rings. The summed E-state index contributed by atoms with van der Waals surface area (Å²) in [6.45, 7) is 7.48. The van der Waals surface area contributed by atoms with Crippen molar-refractivity contribution in [2.45, 2.75) is 71.1 Å². The highest BCUT2D eigenvalue weighted by Gasteiger charge is 2.28. The van der Waals surface area contributed by atoms with Crippen LogP contribution in [-0.2, 0) is 4.74 Å². The molecule has 2 atom stereocenters. The second kappa shape index (κ2) is 9.30. The molecule has 2 heterocycles. The summed E-state index contributed by atoms with van der Waals surface area (Å²) in [5.74, 6) is 0. The first-order valence-electron chi connectivity index (χ1n) is 10.1. The van der Waals surface area contributed by atoms with Crippen LogP contribution in [0.3, 0.4) is 0 Å². The molecule has 30 heavy (non-hydrogen) atoms. The highest BCUT2D eigenvalue weighted by molar-refractivity contribution is 7.10. The molecule has 2 aromatic rings. The largest absolute Gasteiger partial charge is 0.444 e. The van der Waals surface area contributed by atoms with Crippen LogP contribution in [-0.4, -0.2) is 33.1 Å². The number of anilines is 3. The minimum absolute atomic E-state index is 0.0372. The number of carbonyl (C=O) groups is 1. The van der Waals surface area contributed by atoms with E-state index in [1.54, 1.807) is 6.20 Å². The van der Waals surface area contributed by atoms with E-state index in [4.69, 9.17) is 4.74 Å². The SMILES string of the molecule is Cc1cc(Nc2cc(N[C@@H]3CCCC[C@@H]3NC(=O)OC(C)(C)C)cnc2C#N)sn1. The molecule has 1 saturated carbocycles. The zero-order valence-electron chi connectivity index (χ0n) is 17.8. The number of aromatic nitrogens is 2. The summed E-state index contributed by atoms with van der Waals surface area (Å²) in [4.78, 5) is 16.5. The molecule has 0 spiro atoms. The van der Waals surface area contributed by atoms with Crippen LogP contribution in [0.2, 0.25) is 0 Å². The van der Waals surface area contributed by atoms with Gasteiger partial charge in [-0.15, -0.1) is 0 Å². The maximum atomic E-state index is 12.2. The Morgan fingerprint density at radius 2 is 2.00 bits per heavy atom. The van der Waals surface area contributed by atoms with Gasteiger partial charge in [-0.05, 0) is 64.2 Å². The number of aryl methyl sites for hydroxylation is 1. The molecule has 160 valence electrons. The van der Waals surface area contributed by atoms with Gasteiger partial charge in [0.15, 0.2) is 5.69 Å². The van der Waals surface area contributed by atoms with Crippen molar-refractivity contribution in [1.29, 1.82) is 5.26 Å². The third-order valence-corrected chi connectivity index (χ3v) is 5.50. The molecule has 1 fully saturated rings. The van der Waals surface area contributed by atoms with Crippen molar-refractivity contribution in [3.05, 3.63) is 29.7 Å². The third-order valence-electron chi connectivity index (χ3n) is 4.70. The zero-order valence-corrected chi connectivity index (χ0v) is 18.6. The summed E-state index contributed by atoms with van der Waals surface area (Å²) in [5, 5.41) is 20.0. The van der Waals surface area contributed by atoms with Crippen LogP contribution in [0.15, 0.2) is 18.3 Å². The van der Waals surface area contributed by atoms with Gasteiger partial charge in [0.05, 0.1) is 29.3 Å². The van der Waals surface area contributed by atoms with Gasteiger partial charge in [-0.1, -0.05) is 12.8 Å². The minimum atomic E-state index is -0.533. The Labute approximate surface area is 181 Å². The summed E-state index contributed by atoms with van der Waals surface area (Å²) in [6.07, 6.45) is 5.20. The van der Waals surface area contributed by atoms with E-state index in [1.165, 1.54) is 11.5 Å². The Morgan fingerprint density at radius 1 is 1.27 bits per heavy atom. The van der Waals surface area contributed by atoms with E-state index >= 15 is 0 Å². The first kappa shape index (κ1) is 21.8. The van der Waals surface area contributed by atoms with Crippen LogP contribution < -0.4 is 16.0 Å². The number of nitrogens with one attached hydrogen (secondary N) is 3. The molecule has 0 bridgehead atoms.